The number of para-hydroxylation sites is 1. The molecule has 0 saturated carbocycles. The van der Waals surface area contributed by atoms with Crippen LogP contribution in [0.1, 0.15) is 18.4 Å². The van der Waals surface area contributed by atoms with Gasteiger partial charge in [0.1, 0.15) is 5.75 Å². The molecule has 1 aliphatic rings. The lowest BCUT2D eigenvalue weighted by molar-refractivity contribution is -0.116. The van der Waals surface area contributed by atoms with E-state index in [2.05, 4.69) is 16.4 Å². The molecular formula is C23H27N3O5S. The number of anilines is 1. The molecule has 0 spiro atoms. The fourth-order valence-electron chi connectivity index (χ4n) is 3.87. The molecule has 2 aromatic carbocycles. The largest absolute Gasteiger partial charge is 0.495 e. The number of aromatic nitrogens is 1. The molecule has 0 radical (unpaired) electrons. The van der Waals surface area contributed by atoms with Crippen molar-refractivity contribution in [2.24, 2.45) is 0 Å². The van der Waals surface area contributed by atoms with Crippen LogP contribution in [-0.4, -0.2) is 57.0 Å². The number of nitrogens with one attached hydrogen (secondary N) is 2. The number of carbonyl (C=O) groups is 1. The van der Waals surface area contributed by atoms with E-state index in [0.29, 0.717) is 50.6 Å². The fourth-order valence-corrected chi connectivity index (χ4v) is 5.31. The van der Waals surface area contributed by atoms with Crippen molar-refractivity contribution in [3.05, 3.63) is 54.2 Å². The van der Waals surface area contributed by atoms with Gasteiger partial charge in [0.15, 0.2) is 0 Å². The van der Waals surface area contributed by atoms with E-state index >= 15 is 0 Å². The van der Waals surface area contributed by atoms with Gasteiger partial charge in [-0.25, -0.2) is 8.42 Å². The maximum Gasteiger partial charge on any atom is 0.243 e. The Morgan fingerprint density at radius 2 is 1.97 bits per heavy atom. The number of aromatic amines is 1. The van der Waals surface area contributed by atoms with Crippen LogP contribution in [0.15, 0.2) is 53.6 Å². The molecule has 1 saturated heterocycles. The quantitative estimate of drug-likeness (QED) is 0.541. The summed E-state index contributed by atoms with van der Waals surface area (Å²) in [6.45, 7) is 1.36. The van der Waals surface area contributed by atoms with E-state index in [1.165, 1.54) is 29.1 Å². The lowest BCUT2D eigenvalue weighted by atomic mass is 10.1. The molecule has 0 unspecified atom stereocenters. The summed E-state index contributed by atoms with van der Waals surface area (Å²) in [6, 6.07) is 12.6. The molecule has 3 aromatic rings. The van der Waals surface area contributed by atoms with Gasteiger partial charge in [-0.05, 0) is 42.7 Å². The number of amides is 1. The third-order valence-electron chi connectivity index (χ3n) is 5.58. The first-order chi connectivity index (χ1) is 15.5. The predicted octanol–water partition coefficient (Wildman–Crippen LogP) is 3.16. The Hall–Kier alpha value is -2.88. The highest BCUT2D eigenvalue weighted by Gasteiger charge is 2.27. The van der Waals surface area contributed by atoms with Crippen LogP contribution in [0, 0.1) is 0 Å². The van der Waals surface area contributed by atoms with Crippen LogP contribution in [0.2, 0.25) is 0 Å². The van der Waals surface area contributed by atoms with E-state index in [1.807, 2.05) is 24.4 Å². The van der Waals surface area contributed by atoms with Crippen molar-refractivity contribution in [3.63, 3.8) is 0 Å². The fraction of sp³-hybridized carbons (Fsp3) is 0.348. The average molecular weight is 458 g/mol. The number of nitrogens with zero attached hydrogens (tertiary/aromatic N) is 1. The van der Waals surface area contributed by atoms with Gasteiger partial charge in [0.2, 0.25) is 15.9 Å². The highest BCUT2D eigenvalue weighted by molar-refractivity contribution is 7.89. The number of methoxy groups -OCH3 is 1. The first-order valence-electron chi connectivity index (χ1n) is 10.6. The number of sulfonamides is 1. The molecule has 1 aliphatic heterocycles. The lowest BCUT2D eigenvalue weighted by Gasteiger charge is -2.26. The molecule has 8 nitrogen and oxygen atoms in total. The van der Waals surface area contributed by atoms with Gasteiger partial charge < -0.3 is 19.8 Å². The first-order valence-corrected chi connectivity index (χ1v) is 12.0. The number of hydrogen-bond acceptors (Lipinski definition) is 5. The van der Waals surface area contributed by atoms with Crippen LogP contribution in [0.25, 0.3) is 10.9 Å². The summed E-state index contributed by atoms with van der Waals surface area (Å²) in [4.78, 5) is 15.9. The molecule has 4 rings (SSSR count). The molecule has 32 heavy (non-hydrogen) atoms. The van der Waals surface area contributed by atoms with Gasteiger partial charge in [-0.2, -0.15) is 4.31 Å². The molecule has 0 aliphatic carbocycles. The third kappa shape index (κ3) is 4.79. The Morgan fingerprint density at radius 1 is 1.19 bits per heavy atom. The van der Waals surface area contributed by atoms with Crippen molar-refractivity contribution in [2.45, 2.75) is 24.2 Å². The minimum Gasteiger partial charge on any atom is -0.495 e. The van der Waals surface area contributed by atoms with Crippen LogP contribution < -0.4 is 10.1 Å². The number of carbonyl (C=O) groups excluding carboxylic acids is 1. The third-order valence-corrected chi connectivity index (χ3v) is 7.47. The summed E-state index contributed by atoms with van der Waals surface area (Å²) in [7, 11) is -2.19. The van der Waals surface area contributed by atoms with Crippen LogP contribution in [0.5, 0.6) is 5.75 Å². The van der Waals surface area contributed by atoms with Crippen LogP contribution in [0.3, 0.4) is 0 Å². The SMILES string of the molecule is COc1ccc(S(=O)(=O)N2CCOCC2)cc1NC(=O)CCCc1c[nH]c2ccccc12. The molecule has 2 N–H and O–H groups in total. The van der Waals surface area contributed by atoms with Crippen LogP contribution >= 0.6 is 0 Å². The second kappa shape index (κ2) is 9.72. The average Bonchev–Trinajstić information content (AvgIpc) is 3.23. The highest BCUT2D eigenvalue weighted by atomic mass is 32.2. The summed E-state index contributed by atoms with van der Waals surface area (Å²) in [6.07, 6.45) is 3.72. The number of hydrogen-bond donors (Lipinski definition) is 2. The van der Waals surface area contributed by atoms with E-state index in [9.17, 15) is 13.2 Å². The minimum atomic E-state index is -3.67. The zero-order chi connectivity index (χ0) is 22.6. The van der Waals surface area contributed by atoms with Gasteiger partial charge in [0.25, 0.3) is 0 Å². The first kappa shape index (κ1) is 22.3. The van der Waals surface area contributed by atoms with Crippen molar-refractivity contribution in [2.75, 3.05) is 38.7 Å². The number of benzene rings is 2. The predicted molar refractivity (Wildman–Crippen MR) is 122 cm³/mol. The Bertz CT molecular complexity index is 1200. The van der Waals surface area contributed by atoms with E-state index in [1.54, 1.807) is 6.07 Å². The molecule has 0 bridgehead atoms. The molecule has 170 valence electrons. The van der Waals surface area contributed by atoms with Gasteiger partial charge in [-0.3, -0.25) is 4.79 Å². The second-order valence-corrected chi connectivity index (χ2v) is 9.58. The molecule has 2 heterocycles. The van der Waals surface area contributed by atoms with Crippen LogP contribution in [-0.2, 0) is 26.0 Å². The number of rotatable bonds is 8. The zero-order valence-electron chi connectivity index (χ0n) is 18.0. The van der Waals surface area contributed by atoms with Crippen molar-refractivity contribution < 1.29 is 22.7 Å². The smallest absolute Gasteiger partial charge is 0.243 e. The van der Waals surface area contributed by atoms with Gasteiger partial charge in [-0.1, -0.05) is 18.2 Å². The zero-order valence-corrected chi connectivity index (χ0v) is 18.8. The minimum absolute atomic E-state index is 0.120. The monoisotopic (exact) mass is 457 g/mol. The number of ether oxygens (including phenoxy) is 2. The van der Waals surface area contributed by atoms with Crippen molar-refractivity contribution in [1.29, 1.82) is 0 Å². The molecule has 1 fully saturated rings. The molecular weight excluding hydrogens is 430 g/mol. The highest BCUT2D eigenvalue weighted by Crippen LogP contribution is 2.29. The summed E-state index contributed by atoms with van der Waals surface area (Å²) in [5, 5.41) is 3.98. The maximum atomic E-state index is 12.9. The summed E-state index contributed by atoms with van der Waals surface area (Å²) < 4.78 is 37.9. The molecule has 1 aromatic heterocycles. The molecule has 0 atom stereocenters. The molecule has 1 amide bonds. The summed E-state index contributed by atoms with van der Waals surface area (Å²) >= 11 is 0. The van der Waals surface area contributed by atoms with Gasteiger partial charge in [0, 0.05) is 36.6 Å². The second-order valence-electron chi connectivity index (χ2n) is 7.64. The molecule has 9 heteroatoms. The normalized spacial score (nSPS) is 15.0. The van der Waals surface area contributed by atoms with E-state index in [0.717, 1.165) is 17.3 Å². The van der Waals surface area contributed by atoms with E-state index in [4.69, 9.17) is 9.47 Å². The topological polar surface area (TPSA) is 101 Å². The number of aryl methyl sites for hydroxylation is 1. The number of H-pyrrole nitrogens is 1. The Morgan fingerprint density at radius 3 is 2.75 bits per heavy atom. The van der Waals surface area contributed by atoms with Crippen LogP contribution in [0.4, 0.5) is 5.69 Å². The summed E-state index contributed by atoms with van der Waals surface area (Å²) in [5.74, 6) is 0.222. The lowest BCUT2D eigenvalue weighted by Crippen LogP contribution is -2.40. The van der Waals surface area contributed by atoms with E-state index < -0.39 is 10.0 Å². The van der Waals surface area contributed by atoms with Crippen molar-refractivity contribution >= 4 is 32.5 Å². The number of morpholine rings is 1. The Kier molecular flexibility index (Phi) is 6.78. The Labute approximate surface area is 187 Å². The van der Waals surface area contributed by atoms with Crippen molar-refractivity contribution in [1.82, 2.24) is 9.29 Å². The Balaban J connectivity index is 1.42. The van der Waals surface area contributed by atoms with Gasteiger partial charge >= 0.3 is 0 Å². The van der Waals surface area contributed by atoms with Gasteiger partial charge in [-0.15, -0.1) is 0 Å². The standard InChI is InChI=1S/C23H27N3O5S/c1-30-22-10-9-18(32(28,29)26-11-13-31-14-12-26)15-21(22)25-23(27)8-4-5-17-16-24-20-7-3-2-6-19(17)20/h2-3,6-7,9-10,15-16,24H,4-5,8,11-14H2,1H3,(H,25,27). The van der Waals surface area contributed by atoms with Gasteiger partial charge in [0.05, 0.1) is 30.9 Å². The van der Waals surface area contributed by atoms with E-state index in [-0.39, 0.29) is 10.8 Å². The number of fused-ring (bicyclic) bond motifs is 1. The van der Waals surface area contributed by atoms with Crippen molar-refractivity contribution in [3.8, 4) is 5.75 Å². The summed E-state index contributed by atoms with van der Waals surface area (Å²) in [5.41, 5.74) is 2.60. The maximum absolute atomic E-state index is 12.9.